The third kappa shape index (κ3) is 3.99. The summed E-state index contributed by atoms with van der Waals surface area (Å²) in [5.41, 5.74) is 2.23. The van der Waals surface area contributed by atoms with Crippen LogP contribution in [0.3, 0.4) is 0 Å². The van der Waals surface area contributed by atoms with Crippen LogP contribution >= 0.6 is 22.9 Å². The van der Waals surface area contributed by atoms with Gasteiger partial charge in [0.1, 0.15) is 5.00 Å². The number of hydrogen-bond acceptors (Lipinski definition) is 6. The topological polar surface area (TPSA) is 65.1 Å². The van der Waals surface area contributed by atoms with E-state index in [-0.39, 0.29) is 19.1 Å². The highest BCUT2D eigenvalue weighted by Gasteiger charge is 2.43. The van der Waals surface area contributed by atoms with E-state index in [9.17, 15) is 9.59 Å². The van der Waals surface area contributed by atoms with Gasteiger partial charge in [-0.2, -0.15) is 0 Å². The number of halogens is 1. The molecule has 1 saturated heterocycles. The van der Waals surface area contributed by atoms with E-state index in [1.54, 1.807) is 17.9 Å². The number of carbonyl (C=O) groups excluding carboxylic acids is 2. The van der Waals surface area contributed by atoms with Gasteiger partial charge >= 0.3 is 5.97 Å². The number of nitrogens with zero attached hydrogens (tertiary/aromatic N) is 1. The normalized spacial score (nSPS) is 17.0. The first kappa shape index (κ1) is 21.3. The molecule has 6 nitrogen and oxygen atoms in total. The largest absolute Gasteiger partial charge is 0.462 e. The molecule has 4 rings (SSSR count). The van der Waals surface area contributed by atoms with E-state index in [4.69, 9.17) is 25.8 Å². The second-order valence-corrected chi connectivity index (χ2v) is 8.88. The summed E-state index contributed by atoms with van der Waals surface area (Å²) in [5.74, 6) is -1.19. The monoisotopic (exact) mass is 449 g/mol. The van der Waals surface area contributed by atoms with E-state index in [0.717, 1.165) is 16.0 Å². The molecule has 2 aromatic rings. The molecular formula is C22H24ClNO5S. The van der Waals surface area contributed by atoms with Crippen LogP contribution in [0, 0.1) is 0 Å². The fourth-order valence-electron chi connectivity index (χ4n) is 4.02. The van der Waals surface area contributed by atoms with Crippen molar-refractivity contribution in [1.29, 1.82) is 0 Å². The van der Waals surface area contributed by atoms with Crippen LogP contribution in [0.25, 0.3) is 0 Å². The zero-order chi connectivity index (χ0) is 21.3. The van der Waals surface area contributed by atoms with Gasteiger partial charge in [-0.25, -0.2) is 4.79 Å². The van der Waals surface area contributed by atoms with Gasteiger partial charge in [0.05, 0.1) is 31.9 Å². The Bertz CT molecular complexity index is 966. The van der Waals surface area contributed by atoms with Gasteiger partial charge in [0, 0.05) is 29.7 Å². The molecule has 0 bridgehead atoms. The lowest BCUT2D eigenvalue weighted by atomic mass is 9.90. The summed E-state index contributed by atoms with van der Waals surface area (Å²) in [6, 6.07) is 7.40. The van der Waals surface area contributed by atoms with Gasteiger partial charge in [0.25, 0.3) is 0 Å². The van der Waals surface area contributed by atoms with E-state index in [1.807, 2.05) is 18.2 Å². The molecule has 30 heavy (non-hydrogen) atoms. The van der Waals surface area contributed by atoms with Crippen LogP contribution in [0.1, 0.15) is 46.6 Å². The molecule has 0 unspecified atom stereocenters. The number of hydrogen-bond donors (Lipinski definition) is 0. The molecule has 1 fully saturated rings. The van der Waals surface area contributed by atoms with Gasteiger partial charge in [0.2, 0.25) is 5.91 Å². The van der Waals surface area contributed by atoms with E-state index < -0.39 is 11.8 Å². The summed E-state index contributed by atoms with van der Waals surface area (Å²) in [7, 11) is 0. The Balaban J connectivity index is 1.77. The van der Waals surface area contributed by atoms with Crippen molar-refractivity contribution in [1.82, 2.24) is 0 Å². The molecule has 2 heterocycles. The smallest absolute Gasteiger partial charge is 0.341 e. The highest BCUT2D eigenvalue weighted by molar-refractivity contribution is 7.17. The summed E-state index contributed by atoms with van der Waals surface area (Å²) < 4.78 is 17.1. The Kier molecular flexibility index (Phi) is 6.16. The van der Waals surface area contributed by atoms with Crippen molar-refractivity contribution in [2.24, 2.45) is 0 Å². The molecule has 1 spiro atoms. The number of rotatable bonds is 5. The average Bonchev–Trinajstić information content (AvgIpc) is 3.31. The van der Waals surface area contributed by atoms with Crippen LogP contribution in [-0.2, 0) is 38.4 Å². The van der Waals surface area contributed by atoms with E-state index in [2.05, 4.69) is 0 Å². The van der Waals surface area contributed by atoms with Crippen LogP contribution in [0.5, 0.6) is 0 Å². The molecule has 8 heteroatoms. The number of benzene rings is 1. The van der Waals surface area contributed by atoms with Crippen molar-refractivity contribution >= 4 is 39.8 Å². The maximum atomic E-state index is 12.9. The van der Waals surface area contributed by atoms with E-state index in [0.29, 0.717) is 48.1 Å². The average molecular weight is 450 g/mol. The Morgan fingerprint density at radius 2 is 2.00 bits per heavy atom. The van der Waals surface area contributed by atoms with E-state index >= 15 is 0 Å². The minimum atomic E-state index is -0.620. The van der Waals surface area contributed by atoms with Gasteiger partial charge < -0.3 is 14.2 Å². The molecule has 0 N–H and O–H groups in total. The van der Waals surface area contributed by atoms with Crippen LogP contribution in [0.4, 0.5) is 5.00 Å². The number of ether oxygens (including phenoxy) is 3. The van der Waals surface area contributed by atoms with Crippen LogP contribution in [0.2, 0.25) is 5.02 Å². The first-order chi connectivity index (χ1) is 14.4. The quantitative estimate of drug-likeness (QED) is 0.634. The lowest BCUT2D eigenvalue weighted by Crippen LogP contribution is -2.36. The predicted octanol–water partition coefficient (Wildman–Crippen LogP) is 4.36. The van der Waals surface area contributed by atoms with Gasteiger partial charge in [-0.15, -0.1) is 11.3 Å². The summed E-state index contributed by atoms with van der Waals surface area (Å²) in [6.45, 7) is 4.96. The Hall–Kier alpha value is -1.93. The number of amides is 1. The first-order valence-corrected chi connectivity index (χ1v) is 11.2. The molecule has 0 radical (unpaired) electrons. The Morgan fingerprint density at radius 1 is 1.27 bits per heavy atom. The maximum absolute atomic E-state index is 12.9. The lowest BCUT2D eigenvalue weighted by molar-refractivity contribution is -0.163. The van der Waals surface area contributed by atoms with Crippen molar-refractivity contribution in [3.8, 4) is 0 Å². The second kappa shape index (κ2) is 8.67. The standard InChI is InChI=1S/C22H24ClNO5S/c1-3-27-21(26)19-16-8-9-22(28-10-11-29-22)12-18(16)30-20(19)24(14(2)25)13-15-6-4-5-7-17(15)23/h4-7H,3,8-13H2,1-2H3. The number of fused-ring (bicyclic) bond motifs is 1. The van der Waals surface area contributed by atoms with E-state index in [1.165, 1.54) is 18.3 Å². The fraction of sp³-hybridized carbons (Fsp3) is 0.455. The molecular weight excluding hydrogens is 426 g/mol. The first-order valence-electron chi connectivity index (χ1n) is 10.0. The number of thiophene rings is 1. The third-order valence-corrected chi connectivity index (χ3v) is 7.09. The minimum Gasteiger partial charge on any atom is -0.462 e. The summed E-state index contributed by atoms with van der Waals surface area (Å²) in [5, 5.41) is 1.18. The van der Waals surface area contributed by atoms with Crippen molar-refractivity contribution in [3.63, 3.8) is 0 Å². The predicted molar refractivity (Wildman–Crippen MR) is 115 cm³/mol. The summed E-state index contributed by atoms with van der Waals surface area (Å²) in [6.07, 6.45) is 1.88. The van der Waals surface area contributed by atoms with Gasteiger partial charge in [-0.3, -0.25) is 9.69 Å². The van der Waals surface area contributed by atoms with Crippen molar-refractivity contribution in [2.75, 3.05) is 24.7 Å². The zero-order valence-electron chi connectivity index (χ0n) is 17.0. The van der Waals surface area contributed by atoms with Gasteiger partial charge in [0.15, 0.2) is 5.79 Å². The lowest BCUT2D eigenvalue weighted by Gasteiger charge is -2.31. The van der Waals surface area contributed by atoms with Crippen LogP contribution in [0.15, 0.2) is 24.3 Å². The Morgan fingerprint density at radius 3 is 2.67 bits per heavy atom. The van der Waals surface area contributed by atoms with Crippen molar-refractivity contribution in [3.05, 3.63) is 50.9 Å². The third-order valence-electron chi connectivity index (χ3n) is 5.46. The molecule has 1 amide bonds. The van der Waals surface area contributed by atoms with Gasteiger partial charge in [-0.05, 0) is 30.5 Å². The molecule has 2 aliphatic rings. The van der Waals surface area contributed by atoms with Crippen molar-refractivity contribution < 1.29 is 23.8 Å². The zero-order valence-corrected chi connectivity index (χ0v) is 18.6. The summed E-state index contributed by atoms with van der Waals surface area (Å²) >= 11 is 7.78. The number of esters is 1. The number of carbonyl (C=O) groups is 2. The minimum absolute atomic E-state index is 0.165. The van der Waals surface area contributed by atoms with Crippen LogP contribution in [-0.4, -0.2) is 37.5 Å². The molecule has 1 aliphatic heterocycles. The molecule has 1 aromatic heterocycles. The Labute approximate surface area is 184 Å². The highest BCUT2D eigenvalue weighted by atomic mass is 35.5. The SMILES string of the molecule is CCOC(=O)c1c(N(Cc2ccccc2Cl)C(C)=O)sc2c1CCC1(C2)OCCO1. The highest BCUT2D eigenvalue weighted by Crippen LogP contribution is 2.45. The summed E-state index contributed by atoms with van der Waals surface area (Å²) in [4.78, 5) is 28.2. The molecule has 160 valence electrons. The van der Waals surface area contributed by atoms with Crippen LogP contribution < -0.4 is 4.90 Å². The molecule has 1 aromatic carbocycles. The molecule has 0 atom stereocenters. The fourth-order valence-corrected chi connectivity index (χ4v) is 5.68. The second-order valence-electron chi connectivity index (χ2n) is 7.39. The molecule has 1 aliphatic carbocycles. The number of anilines is 1. The van der Waals surface area contributed by atoms with Gasteiger partial charge in [-0.1, -0.05) is 29.8 Å². The maximum Gasteiger partial charge on any atom is 0.341 e. The van der Waals surface area contributed by atoms with Crippen molar-refractivity contribution in [2.45, 2.75) is 45.4 Å². The molecule has 0 saturated carbocycles.